The van der Waals surface area contributed by atoms with E-state index in [4.69, 9.17) is 17.3 Å². The molecule has 7 heteroatoms. The Balaban J connectivity index is 2.18. The first-order valence-electron chi connectivity index (χ1n) is 5.45. The zero-order chi connectivity index (χ0) is 14.0. The highest BCUT2D eigenvalue weighted by Gasteiger charge is 2.14. The van der Waals surface area contributed by atoms with Crippen molar-refractivity contribution in [2.75, 3.05) is 5.32 Å². The molecule has 3 N–H and O–H groups in total. The third kappa shape index (κ3) is 3.54. The lowest BCUT2D eigenvalue weighted by atomic mass is 10.3. The molecule has 0 aliphatic carbocycles. The number of nitrogens with two attached hydrogens (primary N) is 1. The number of benzene rings is 1. The van der Waals surface area contributed by atoms with Crippen molar-refractivity contribution in [3.63, 3.8) is 0 Å². The fraction of sp³-hybridized carbons (Fsp3) is 0.167. The van der Waals surface area contributed by atoms with Crippen LogP contribution in [0, 0.1) is 0 Å². The second-order valence-corrected chi connectivity index (χ2v) is 6.12. The third-order valence-electron chi connectivity index (χ3n) is 2.32. The highest BCUT2D eigenvalue weighted by atomic mass is 79.9. The number of amides is 1. The quantitative estimate of drug-likeness (QED) is 0.874. The van der Waals surface area contributed by atoms with Gasteiger partial charge in [-0.2, -0.15) is 0 Å². The average Bonchev–Trinajstić information content (AvgIpc) is 2.83. The van der Waals surface area contributed by atoms with Gasteiger partial charge in [0, 0.05) is 14.9 Å². The summed E-state index contributed by atoms with van der Waals surface area (Å²) in [6.45, 7) is 1.83. The van der Waals surface area contributed by atoms with Crippen LogP contribution in [-0.2, 0) is 0 Å². The largest absolute Gasteiger partial charge is 0.322 e. The van der Waals surface area contributed by atoms with Gasteiger partial charge in [-0.05, 0) is 41.1 Å². The Morgan fingerprint density at radius 1 is 1.58 bits per heavy atom. The van der Waals surface area contributed by atoms with Gasteiger partial charge in [0.15, 0.2) is 0 Å². The lowest BCUT2D eigenvalue weighted by Gasteiger charge is -2.06. The summed E-state index contributed by atoms with van der Waals surface area (Å²) < 4.78 is 0.757. The molecule has 1 aromatic heterocycles. The van der Waals surface area contributed by atoms with E-state index in [0.29, 0.717) is 16.4 Å². The smallest absolute Gasteiger partial charge is 0.275 e. The van der Waals surface area contributed by atoms with Crippen LogP contribution in [0.4, 0.5) is 5.69 Å². The minimum absolute atomic E-state index is 0.176. The van der Waals surface area contributed by atoms with Crippen molar-refractivity contribution >= 4 is 50.5 Å². The first-order valence-corrected chi connectivity index (χ1v) is 7.50. The van der Waals surface area contributed by atoms with Crippen LogP contribution in [0.5, 0.6) is 0 Å². The summed E-state index contributed by atoms with van der Waals surface area (Å²) in [5.74, 6) is -0.286. The van der Waals surface area contributed by atoms with Crippen molar-refractivity contribution in [3.8, 4) is 0 Å². The number of halogens is 2. The van der Waals surface area contributed by atoms with Crippen LogP contribution in [0.3, 0.4) is 0 Å². The third-order valence-corrected chi connectivity index (χ3v) is 4.29. The Labute approximate surface area is 128 Å². The minimum atomic E-state index is -0.286. The molecule has 2 rings (SSSR count). The summed E-state index contributed by atoms with van der Waals surface area (Å²) in [7, 11) is 0. The molecular weight excluding hydrogens is 350 g/mol. The van der Waals surface area contributed by atoms with E-state index in [1.165, 1.54) is 11.3 Å². The van der Waals surface area contributed by atoms with Crippen molar-refractivity contribution in [1.82, 2.24) is 4.98 Å². The van der Waals surface area contributed by atoms with Crippen molar-refractivity contribution in [2.45, 2.75) is 13.0 Å². The molecule has 0 saturated heterocycles. The first kappa shape index (κ1) is 14.5. The lowest BCUT2D eigenvalue weighted by molar-refractivity contribution is 0.102. The number of aromatic nitrogens is 1. The Kier molecular flexibility index (Phi) is 4.57. The van der Waals surface area contributed by atoms with Gasteiger partial charge >= 0.3 is 0 Å². The van der Waals surface area contributed by atoms with Crippen LogP contribution in [0.2, 0.25) is 5.02 Å². The number of thiazole rings is 1. The van der Waals surface area contributed by atoms with Crippen molar-refractivity contribution in [2.24, 2.45) is 5.73 Å². The van der Waals surface area contributed by atoms with E-state index in [0.717, 1.165) is 9.48 Å². The molecule has 1 atom stereocenters. The van der Waals surface area contributed by atoms with Crippen LogP contribution >= 0.6 is 38.9 Å². The summed E-state index contributed by atoms with van der Waals surface area (Å²) in [6, 6.07) is 5.00. The molecule has 100 valence electrons. The fourth-order valence-electron chi connectivity index (χ4n) is 1.38. The maximum atomic E-state index is 12.0. The molecule has 0 radical (unpaired) electrons. The fourth-order valence-corrected chi connectivity index (χ4v) is 2.66. The highest BCUT2D eigenvalue weighted by molar-refractivity contribution is 9.10. The molecule has 1 unspecified atom stereocenters. The molecule has 1 aromatic carbocycles. The van der Waals surface area contributed by atoms with Crippen LogP contribution < -0.4 is 11.1 Å². The maximum absolute atomic E-state index is 12.0. The SMILES string of the molecule is CC(N)c1nc(C(=O)Nc2cc(Cl)ccc2Br)cs1. The van der Waals surface area contributed by atoms with Crippen LogP contribution in [0.1, 0.15) is 28.5 Å². The first-order chi connectivity index (χ1) is 8.97. The van der Waals surface area contributed by atoms with E-state index in [1.54, 1.807) is 23.6 Å². The number of anilines is 1. The number of carbonyl (C=O) groups excluding carboxylic acids is 1. The van der Waals surface area contributed by atoms with Crippen molar-refractivity contribution < 1.29 is 4.79 Å². The Morgan fingerprint density at radius 3 is 2.95 bits per heavy atom. The predicted octanol–water partition coefficient (Wildman–Crippen LogP) is 3.83. The molecular formula is C12H11BrClN3OS. The van der Waals surface area contributed by atoms with E-state index in [9.17, 15) is 4.79 Å². The second-order valence-electron chi connectivity index (χ2n) is 3.94. The Morgan fingerprint density at radius 2 is 2.32 bits per heavy atom. The summed E-state index contributed by atoms with van der Waals surface area (Å²) in [6.07, 6.45) is 0. The highest BCUT2D eigenvalue weighted by Crippen LogP contribution is 2.26. The molecule has 0 aliphatic rings. The van der Waals surface area contributed by atoms with Gasteiger partial charge in [0.05, 0.1) is 11.7 Å². The maximum Gasteiger partial charge on any atom is 0.275 e. The van der Waals surface area contributed by atoms with Crippen LogP contribution in [0.15, 0.2) is 28.1 Å². The summed E-state index contributed by atoms with van der Waals surface area (Å²) in [5.41, 5.74) is 6.67. The number of hydrogen-bond donors (Lipinski definition) is 2. The van der Waals surface area contributed by atoms with E-state index < -0.39 is 0 Å². The Bertz CT molecular complexity index is 615. The zero-order valence-electron chi connectivity index (χ0n) is 9.98. The molecule has 1 heterocycles. The number of nitrogens with zero attached hydrogens (tertiary/aromatic N) is 1. The number of rotatable bonds is 3. The van der Waals surface area contributed by atoms with Gasteiger partial charge < -0.3 is 11.1 Å². The molecule has 1 amide bonds. The number of nitrogens with one attached hydrogen (secondary N) is 1. The Hall–Kier alpha value is -0.950. The molecule has 0 bridgehead atoms. The molecule has 0 aliphatic heterocycles. The summed E-state index contributed by atoms with van der Waals surface area (Å²) in [4.78, 5) is 16.2. The number of hydrogen-bond acceptors (Lipinski definition) is 4. The van der Waals surface area contributed by atoms with E-state index in [2.05, 4.69) is 26.2 Å². The van der Waals surface area contributed by atoms with Gasteiger partial charge in [0.2, 0.25) is 0 Å². The van der Waals surface area contributed by atoms with Crippen molar-refractivity contribution in [1.29, 1.82) is 0 Å². The minimum Gasteiger partial charge on any atom is -0.322 e. The van der Waals surface area contributed by atoms with Crippen LogP contribution in [-0.4, -0.2) is 10.9 Å². The number of carbonyl (C=O) groups is 1. The van der Waals surface area contributed by atoms with E-state index in [1.807, 2.05) is 6.92 Å². The average molecular weight is 361 g/mol. The van der Waals surface area contributed by atoms with Gasteiger partial charge in [-0.25, -0.2) is 4.98 Å². The summed E-state index contributed by atoms with van der Waals surface area (Å²) in [5, 5.41) is 5.72. The van der Waals surface area contributed by atoms with Gasteiger partial charge in [-0.15, -0.1) is 11.3 Å². The van der Waals surface area contributed by atoms with Crippen LogP contribution in [0.25, 0.3) is 0 Å². The lowest BCUT2D eigenvalue weighted by Crippen LogP contribution is -2.13. The molecule has 0 fully saturated rings. The van der Waals surface area contributed by atoms with E-state index >= 15 is 0 Å². The molecule has 0 saturated carbocycles. The van der Waals surface area contributed by atoms with Gasteiger partial charge in [-0.1, -0.05) is 11.6 Å². The van der Waals surface area contributed by atoms with Gasteiger partial charge in [0.25, 0.3) is 5.91 Å². The standard InChI is InChI=1S/C12H11BrClN3OS/c1-6(15)12-17-10(5-19-12)11(18)16-9-4-7(14)2-3-8(9)13/h2-6H,15H2,1H3,(H,16,18). The molecule has 2 aromatic rings. The zero-order valence-corrected chi connectivity index (χ0v) is 13.1. The van der Waals surface area contributed by atoms with E-state index in [-0.39, 0.29) is 11.9 Å². The topological polar surface area (TPSA) is 68.0 Å². The second kappa shape index (κ2) is 6.00. The molecule has 19 heavy (non-hydrogen) atoms. The summed E-state index contributed by atoms with van der Waals surface area (Å²) >= 11 is 10.6. The van der Waals surface area contributed by atoms with Gasteiger partial charge in [-0.3, -0.25) is 4.79 Å². The normalized spacial score (nSPS) is 12.2. The monoisotopic (exact) mass is 359 g/mol. The predicted molar refractivity (Wildman–Crippen MR) is 81.8 cm³/mol. The molecule has 0 spiro atoms. The van der Waals surface area contributed by atoms with Gasteiger partial charge in [0.1, 0.15) is 10.7 Å². The van der Waals surface area contributed by atoms with Crippen molar-refractivity contribution in [3.05, 3.63) is 43.8 Å². The molecule has 4 nitrogen and oxygen atoms in total.